The molecule has 0 radical (unpaired) electrons. The Morgan fingerprint density at radius 2 is 1.94 bits per heavy atom. The first-order chi connectivity index (χ1) is 8.92. The van der Waals surface area contributed by atoms with Gasteiger partial charge in [-0.05, 0) is 67.8 Å². The summed E-state index contributed by atoms with van der Waals surface area (Å²) in [5.41, 5.74) is 4.69. The average molecular weight is 242 g/mol. The summed E-state index contributed by atoms with van der Waals surface area (Å²) in [5.74, 6) is 0.835. The minimum absolute atomic E-state index is 0.642. The molecule has 2 nitrogen and oxygen atoms in total. The Labute approximate surface area is 109 Å². The van der Waals surface area contributed by atoms with E-state index in [1.54, 1.807) is 11.1 Å². The standard InChI is InChI=1S/C16H22N2/c1-2-8-18(9-3-1)13-4-5-14-12-6-7-17-16(10-12)15(14)11-13/h4-5,11-12,16-17H,1-3,6-10H2/t12-,16-/m1/s1. The molecule has 1 N–H and O–H groups in total. The third-order valence-corrected chi connectivity index (χ3v) is 5.01. The third-order valence-electron chi connectivity index (χ3n) is 5.01. The van der Waals surface area contributed by atoms with Gasteiger partial charge in [-0.2, -0.15) is 0 Å². The minimum Gasteiger partial charge on any atom is -0.372 e. The fourth-order valence-corrected chi connectivity index (χ4v) is 4.02. The second-order valence-corrected chi connectivity index (χ2v) is 6.09. The molecule has 0 saturated carbocycles. The van der Waals surface area contributed by atoms with Gasteiger partial charge in [0.2, 0.25) is 0 Å². The number of benzene rings is 1. The predicted octanol–water partition coefficient (Wildman–Crippen LogP) is 3.20. The van der Waals surface area contributed by atoms with E-state index in [1.807, 2.05) is 0 Å². The molecule has 2 aliphatic heterocycles. The second kappa shape index (κ2) is 4.27. The van der Waals surface area contributed by atoms with Crippen molar-refractivity contribution in [1.29, 1.82) is 0 Å². The highest BCUT2D eigenvalue weighted by Crippen LogP contribution is 2.45. The summed E-state index contributed by atoms with van der Waals surface area (Å²) in [6, 6.07) is 7.90. The van der Waals surface area contributed by atoms with E-state index in [9.17, 15) is 0 Å². The van der Waals surface area contributed by atoms with Gasteiger partial charge < -0.3 is 10.2 Å². The van der Waals surface area contributed by atoms with Crippen molar-refractivity contribution in [3.8, 4) is 0 Å². The molecule has 2 atom stereocenters. The average Bonchev–Trinajstić information content (AvgIpc) is 2.71. The van der Waals surface area contributed by atoms with Gasteiger partial charge in [0, 0.05) is 24.8 Å². The van der Waals surface area contributed by atoms with Crippen LogP contribution in [0.3, 0.4) is 0 Å². The van der Waals surface area contributed by atoms with Crippen molar-refractivity contribution in [2.75, 3.05) is 24.5 Å². The third kappa shape index (κ3) is 1.66. The zero-order valence-electron chi connectivity index (χ0n) is 11.0. The highest BCUT2D eigenvalue weighted by Gasteiger charge is 2.34. The van der Waals surface area contributed by atoms with Gasteiger partial charge in [-0.3, -0.25) is 0 Å². The summed E-state index contributed by atoms with van der Waals surface area (Å²) in [4.78, 5) is 2.58. The van der Waals surface area contributed by atoms with Crippen LogP contribution in [-0.2, 0) is 0 Å². The van der Waals surface area contributed by atoms with Crippen LogP contribution in [0.2, 0.25) is 0 Å². The minimum atomic E-state index is 0.642. The van der Waals surface area contributed by atoms with Gasteiger partial charge in [-0.1, -0.05) is 6.07 Å². The predicted molar refractivity (Wildman–Crippen MR) is 75.2 cm³/mol. The molecule has 2 heteroatoms. The quantitative estimate of drug-likeness (QED) is 0.813. The van der Waals surface area contributed by atoms with Gasteiger partial charge in [0.1, 0.15) is 0 Å². The van der Waals surface area contributed by atoms with E-state index >= 15 is 0 Å². The molecule has 0 spiro atoms. The Kier molecular flexibility index (Phi) is 2.58. The Balaban J connectivity index is 1.67. The van der Waals surface area contributed by atoms with E-state index in [4.69, 9.17) is 0 Å². The molecule has 1 aromatic rings. The molecular weight excluding hydrogens is 220 g/mol. The van der Waals surface area contributed by atoms with Crippen molar-refractivity contribution in [1.82, 2.24) is 5.32 Å². The zero-order chi connectivity index (χ0) is 11.9. The van der Waals surface area contributed by atoms with Crippen LogP contribution in [0, 0.1) is 0 Å². The normalized spacial score (nSPS) is 30.3. The number of nitrogens with one attached hydrogen (secondary N) is 1. The first-order valence-electron chi connectivity index (χ1n) is 7.54. The highest BCUT2D eigenvalue weighted by molar-refractivity contribution is 5.55. The molecule has 0 amide bonds. The molecule has 1 aliphatic carbocycles. The van der Waals surface area contributed by atoms with Crippen LogP contribution in [0.1, 0.15) is 55.2 Å². The summed E-state index contributed by atoms with van der Waals surface area (Å²) in [7, 11) is 0. The number of hydrogen-bond donors (Lipinski definition) is 1. The molecule has 3 aliphatic rings. The maximum atomic E-state index is 3.68. The highest BCUT2D eigenvalue weighted by atomic mass is 15.1. The van der Waals surface area contributed by atoms with Crippen LogP contribution >= 0.6 is 0 Å². The van der Waals surface area contributed by atoms with Crippen molar-refractivity contribution >= 4 is 5.69 Å². The van der Waals surface area contributed by atoms with Crippen molar-refractivity contribution in [2.45, 2.75) is 44.1 Å². The number of anilines is 1. The second-order valence-electron chi connectivity index (χ2n) is 6.09. The molecule has 2 saturated heterocycles. The van der Waals surface area contributed by atoms with Gasteiger partial charge >= 0.3 is 0 Å². The first kappa shape index (κ1) is 10.9. The summed E-state index contributed by atoms with van der Waals surface area (Å²) < 4.78 is 0. The van der Waals surface area contributed by atoms with E-state index < -0.39 is 0 Å². The molecule has 0 aromatic heterocycles. The molecule has 2 bridgehead atoms. The summed E-state index contributed by atoms with van der Waals surface area (Å²) in [5, 5.41) is 3.68. The SMILES string of the molecule is c1cc2c(cc1N1CCCCC1)[C@H]1C[C@H]2CCN1. The van der Waals surface area contributed by atoms with E-state index in [2.05, 4.69) is 28.4 Å². The van der Waals surface area contributed by atoms with Gasteiger partial charge in [0.15, 0.2) is 0 Å². The smallest absolute Gasteiger partial charge is 0.0369 e. The van der Waals surface area contributed by atoms with Crippen molar-refractivity contribution in [3.63, 3.8) is 0 Å². The summed E-state index contributed by atoms with van der Waals surface area (Å²) in [6.07, 6.45) is 6.79. The van der Waals surface area contributed by atoms with E-state index in [0.29, 0.717) is 6.04 Å². The van der Waals surface area contributed by atoms with Gasteiger partial charge in [0.25, 0.3) is 0 Å². The molecule has 4 rings (SSSR count). The molecule has 1 aromatic carbocycles. The van der Waals surface area contributed by atoms with Crippen LogP contribution in [0.4, 0.5) is 5.69 Å². The summed E-state index contributed by atoms with van der Waals surface area (Å²) in [6.45, 7) is 3.70. The maximum Gasteiger partial charge on any atom is 0.0369 e. The molecule has 18 heavy (non-hydrogen) atoms. The Morgan fingerprint density at radius 1 is 1.06 bits per heavy atom. The van der Waals surface area contributed by atoms with Gasteiger partial charge in [-0.25, -0.2) is 0 Å². The maximum absolute atomic E-state index is 3.68. The number of piperidine rings is 2. The van der Waals surface area contributed by atoms with Gasteiger partial charge in [0.05, 0.1) is 0 Å². The van der Waals surface area contributed by atoms with E-state index in [0.717, 1.165) is 5.92 Å². The van der Waals surface area contributed by atoms with Gasteiger partial charge in [-0.15, -0.1) is 0 Å². The summed E-state index contributed by atoms with van der Waals surface area (Å²) >= 11 is 0. The lowest BCUT2D eigenvalue weighted by Crippen LogP contribution is -2.29. The van der Waals surface area contributed by atoms with Crippen LogP contribution in [0.5, 0.6) is 0 Å². The van der Waals surface area contributed by atoms with Crippen molar-refractivity contribution in [2.24, 2.45) is 0 Å². The van der Waals surface area contributed by atoms with Crippen molar-refractivity contribution < 1.29 is 0 Å². The monoisotopic (exact) mass is 242 g/mol. The zero-order valence-corrected chi connectivity index (χ0v) is 11.0. The van der Waals surface area contributed by atoms with Crippen LogP contribution in [0.25, 0.3) is 0 Å². The molecule has 2 heterocycles. The molecule has 0 unspecified atom stereocenters. The van der Waals surface area contributed by atoms with E-state index in [1.165, 1.54) is 57.4 Å². The number of fused-ring (bicyclic) bond motifs is 5. The lowest BCUT2D eigenvalue weighted by atomic mass is 9.96. The number of hydrogen-bond acceptors (Lipinski definition) is 2. The molecule has 96 valence electrons. The Hall–Kier alpha value is -1.02. The Bertz CT molecular complexity index is 448. The van der Waals surface area contributed by atoms with E-state index in [-0.39, 0.29) is 0 Å². The topological polar surface area (TPSA) is 15.3 Å². The lowest BCUT2D eigenvalue weighted by Gasteiger charge is -2.29. The molecular formula is C16H22N2. The number of nitrogens with zero attached hydrogens (tertiary/aromatic N) is 1. The molecule has 2 fully saturated rings. The number of rotatable bonds is 1. The van der Waals surface area contributed by atoms with Crippen molar-refractivity contribution in [3.05, 3.63) is 29.3 Å². The fraction of sp³-hybridized carbons (Fsp3) is 0.625. The van der Waals surface area contributed by atoms with Crippen LogP contribution in [-0.4, -0.2) is 19.6 Å². The fourth-order valence-electron chi connectivity index (χ4n) is 4.02. The van der Waals surface area contributed by atoms with Crippen LogP contribution < -0.4 is 10.2 Å². The largest absolute Gasteiger partial charge is 0.372 e. The van der Waals surface area contributed by atoms with Crippen LogP contribution in [0.15, 0.2) is 18.2 Å². The Morgan fingerprint density at radius 3 is 2.83 bits per heavy atom. The lowest BCUT2D eigenvalue weighted by molar-refractivity contribution is 0.409. The first-order valence-corrected chi connectivity index (χ1v) is 7.54.